The SMILES string of the molecule is O=C(/C=C/C(=O)c1cc(O)c(O)c(O)c1)c1cc(O)c(O)c(O)c1. The van der Waals surface area contributed by atoms with E-state index >= 15 is 0 Å². The summed E-state index contributed by atoms with van der Waals surface area (Å²) in [5.41, 5.74) is -0.355. The Kier molecular flexibility index (Phi) is 4.32. The Morgan fingerprint density at radius 3 is 1.08 bits per heavy atom. The molecule has 0 aliphatic heterocycles. The van der Waals surface area contributed by atoms with E-state index in [1.165, 1.54) is 0 Å². The zero-order valence-corrected chi connectivity index (χ0v) is 12.0. The van der Waals surface area contributed by atoms with Gasteiger partial charge in [-0.3, -0.25) is 9.59 Å². The minimum Gasteiger partial charge on any atom is -0.504 e. The Balaban J connectivity index is 2.24. The first kappa shape index (κ1) is 16.7. The molecule has 8 nitrogen and oxygen atoms in total. The van der Waals surface area contributed by atoms with Crippen LogP contribution >= 0.6 is 0 Å². The molecule has 0 saturated heterocycles. The minimum absolute atomic E-state index is 0.178. The average molecular weight is 332 g/mol. The molecule has 6 N–H and O–H groups in total. The van der Waals surface area contributed by atoms with Crippen LogP contribution in [-0.2, 0) is 0 Å². The molecule has 2 rings (SSSR count). The quantitative estimate of drug-likeness (QED) is 0.280. The lowest BCUT2D eigenvalue weighted by Crippen LogP contribution is -1.98. The van der Waals surface area contributed by atoms with E-state index in [-0.39, 0.29) is 11.1 Å². The molecule has 0 aliphatic carbocycles. The molecule has 24 heavy (non-hydrogen) atoms. The number of aromatic hydroxyl groups is 6. The number of hydrogen-bond acceptors (Lipinski definition) is 8. The summed E-state index contributed by atoms with van der Waals surface area (Å²) < 4.78 is 0. The van der Waals surface area contributed by atoms with E-state index < -0.39 is 46.1 Å². The maximum absolute atomic E-state index is 11.9. The third-order valence-electron chi connectivity index (χ3n) is 3.09. The van der Waals surface area contributed by atoms with E-state index in [2.05, 4.69) is 0 Å². The molecule has 0 heterocycles. The van der Waals surface area contributed by atoms with Gasteiger partial charge in [0.2, 0.25) is 0 Å². The van der Waals surface area contributed by atoms with E-state index in [1.54, 1.807) is 0 Å². The van der Waals surface area contributed by atoms with Gasteiger partial charge in [0.25, 0.3) is 0 Å². The van der Waals surface area contributed by atoms with Crippen LogP contribution in [0.2, 0.25) is 0 Å². The monoisotopic (exact) mass is 332 g/mol. The molecule has 0 bridgehead atoms. The maximum Gasteiger partial charge on any atom is 0.200 e. The highest BCUT2D eigenvalue weighted by Gasteiger charge is 2.14. The summed E-state index contributed by atoms with van der Waals surface area (Å²) in [7, 11) is 0. The lowest BCUT2D eigenvalue weighted by atomic mass is 10.1. The van der Waals surface area contributed by atoms with E-state index in [0.717, 1.165) is 36.4 Å². The fourth-order valence-electron chi connectivity index (χ4n) is 1.84. The molecule has 0 aliphatic rings. The molecule has 2 aromatic rings. The van der Waals surface area contributed by atoms with Crippen LogP contribution in [-0.4, -0.2) is 42.2 Å². The van der Waals surface area contributed by atoms with Gasteiger partial charge >= 0.3 is 0 Å². The summed E-state index contributed by atoms with van der Waals surface area (Å²) in [6.45, 7) is 0. The highest BCUT2D eigenvalue weighted by molar-refractivity contribution is 6.12. The van der Waals surface area contributed by atoms with Gasteiger partial charge in [0.1, 0.15) is 0 Å². The predicted molar refractivity (Wildman–Crippen MR) is 80.7 cm³/mol. The van der Waals surface area contributed by atoms with Gasteiger partial charge in [-0.2, -0.15) is 0 Å². The van der Waals surface area contributed by atoms with Crippen LogP contribution in [0.25, 0.3) is 0 Å². The molecule has 8 heteroatoms. The van der Waals surface area contributed by atoms with Gasteiger partial charge in [0.15, 0.2) is 46.1 Å². The van der Waals surface area contributed by atoms with E-state index in [1.807, 2.05) is 0 Å². The molecule has 124 valence electrons. The molecule has 2 aromatic carbocycles. The Morgan fingerprint density at radius 1 is 0.583 bits per heavy atom. The average Bonchev–Trinajstić information content (AvgIpc) is 2.53. The topological polar surface area (TPSA) is 156 Å². The van der Waals surface area contributed by atoms with Crippen LogP contribution < -0.4 is 0 Å². The third-order valence-corrected chi connectivity index (χ3v) is 3.09. The third kappa shape index (κ3) is 3.22. The molecule has 0 saturated carbocycles. The normalized spacial score (nSPS) is 10.8. The van der Waals surface area contributed by atoms with Crippen LogP contribution in [0, 0.1) is 0 Å². The lowest BCUT2D eigenvalue weighted by Gasteiger charge is -2.04. The summed E-state index contributed by atoms with van der Waals surface area (Å²) in [5, 5.41) is 55.8. The van der Waals surface area contributed by atoms with Gasteiger partial charge in [0.05, 0.1) is 0 Å². The molecular weight excluding hydrogens is 320 g/mol. The van der Waals surface area contributed by atoms with Crippen molar-refractivity contribution in [2.75, 3.05) is 0 Å². The fraction of sp³-hybridized carbons (Fsp3) is 0. The van der Waals surface area contributed by atoms with Gasteiger partial charge in [0, 0.05) is 11.1 Å². The summed E-state index contributed by atoms with van der Waals surface area (Å²) in [5.74, 6) is -5.86. The van der Waals surface area contributed by atoms with Crippen LogP contribution in [0.5, 0.6) is 34.5 Å². The molecule has 0 fully saturated rings. The van der Waals surface area contributed by atoms with Crippen LogP contribution in [0.3, 0.4) is 0 Å². The lowest BCUT2D eigenvalue weighted by molar-refractivity contribution is 0.102. The molecule has 0 amide bonds. The molecule has 0 spiro atoms. The van der Waals surface area contributed by atoms with Crippen molar-refractivity contribution in [1.29, 1.82) is 0 Å². The second-order valence-corrected chi connectivity index (χ2v) is 4.79. The number of ketones is 2. The number of phenolic OH excluding ortho intramolecular Hbond substituents is 6. The Morgan fingerprint density at radius 2 is 0.833 bits per heavy atom. The van der Waals surface area contributed by atoms with Crippen molar-refractivity contribution >= 4 is 11.6 Å². The Bertz CT molecular complexity index is 749. The number of carbonyl (C=O) groups excluding carboxylic acids is 2. The van der Waals surface area contributed by atoms with Crippen molar-refractivity contribution in [2.24, 2.45) is 0 Å². The maximum atomic E-state index is 11.9. The van der Waals surface area contributed by atoms with E-state index in [4.69, 9.17) is 0 Å². The van der Waals surface area contributed by atoms with E-state index in [9.17, 15) is 40.2 Å². The molecule has 0 aromatic heterocycles. The summed E-state index contributed by atoms with van der Waals surface area (Å²) in [4.78, 5) is 23.8. The number of rotatable bonds is 4. The van der Waals surface area contributed by atoms with Crippen molar-refractivity contribution < 1.29 is 40.2 Å². The molecule has 0 radical (unpaired) electrons. The highest BCUT2D eigenvalue weighted by Crippen LogP contribution is 2.36. The number of allylic oxidation sites excluding steroid dienone is 2. The zero-order valence-electron chi connectivity index (χ0n) is 12.0. The first-order chi connectivity index (χ1) is 11.2. The van der Waals surface area contributed by atoms with Crippen molar-refractivity contribution in [3.8, 4) is 34.5 Å². The van der Waals surface area contributed by atoms with Gasteiger partial charge in [-0.1, -0.05) is 0 Å². The molecular formula is C16H12O8. The first-order valence-electron chi connectivity index (χ1n) is 6.47. The van der Waals surface area contributed by atoms with Crippen molar-refractivity contribution in [3.63, 3.8) is 0 Å². The number of carbonyl (C=O) groups is 2. The van der Waals surface area contributed by atoms with Crippen LogP contribution in [0.15, 0.2) is 36.4 Å². The smallest absolute Gasteiger partial charge is 0.200 e. The second-order valence-electron chi connectivity index (χ2n) is 4.79. The number of benzene rings is 2. The highest BCUT2D eigenvalue weighted by atomic mass is 16.3. The van der Waals surface area contributed by atoms with Gasteiger partial charge in [-0.05, 0) is 36.4 Å². The van der Waals surface area contributed by atoms with Gasteiger partial charge < -0.3 is 30.6 Å². The standard InChI is InChI=1S/C16H12O8/c17-9(7-3-11(19)15(23)12(20)4-7)1-2-10(18)8-5-13(21)16(24)14(22)6-8/h1-6,19-24H/b2-1+. The minimum atomic E-state index is -0.776. The largest absolute Gasteiger partial charge is 0.504 e. The van der Waals surface area contributed by atoms with Crippen molar-refractivity contribution in [2.45, 2.75) is 0 Å². The first-order valence-corrected chi connectivity index (χ1v) is 6.47. The van der Waals surface area contributed by atoms with Crippen LogP contribution in [0.4, 0.5) is 0 Å². The second kappa shape index (κ2) is 6.21. The zero-order chi connectivity index (χ0) is 18.0. The molecule has 0 unspecified atom stereocenters. The Labute approximate surface area is 134 Å². The number of phenols is 6. The predicted octanol–water partition coefficient (Wildman–Crippen LogP) is 1.54. The summed E-state index contributed by atoms with van der Waals surface area (Å²) in [6, 6.07) is 3.63. The van der Waals surface area contributed by atoms with Gasteiger partial charge in [-0.15, -0.1) is 0 Å². The van der Waals surface area contributed by atoms with Crippen LogP contribution in [0.1, 0.15) is 20.7 Å². The van der Waals surface area contributed by atoms with E-state index in [0.29, 0.717) is 0 Å². The summed E-state index contributed by atoms with van der Waals surface area (Å²) in [6.07, 6.45) is 1.68. The Hall–Kier alpha value is -3.68. The van der Waals surface area contributed by atoms with Crippen molar-refractivity contribution in [3.05, 3.63) is 47.5 Å². The van der Waals surface area contributed by atoms with Crippen molar-refractivity contribution in [1.82, 2.24) is 0 Å². The fourth-order valence-corrected chi connectivity index (χ4v) is 1.84. The van der Waals surface area contributed by atoms with Gasteiger partial charge in [-0.25, -0.2) is 0 Å². The molecule has 0 atom stereocenters. The number of hydrogen-bond donors (Lipinski definition) is 6. The summed E-state index contributed by atoms with van der Waals surface area (Å²) >= 11 is 0.